The van der Waals surface area contributed by atoms with Crippen molar-refractivity contribution in [2.75, 3.05) is 0 Å². The van der Waals surface area contributed by atoms with E-state index in [-0.39, 0.29) is 0 Å². The van der Waals surface area contributed by atoms with Gasteiger partial charge in [-0.2, -0.15) is 18.3 Å². The van der Waals surface area contributed by atoms with Gasteiger partial charge in [0.25, 0.3) is 9.05 Å². The maximum absolute atomic E-state index is 12.1. The second kappa shape index (κ2) is 3.28. The Morgan fingerprint density at radius 3 is 2.14 bits per heavy atom. The summed E-state index contributed by atoms with van der Waals surface area (Å²) in [4.78, 5) is -1.26. The quantitative estimate of drug-likeness (QED) is 0.793. The summed E-state index contributed by atoms with van der Waals surface area (Å²) in [6.45, 7) is 0. The van der Waals surface area contributed by atoms with Crippen molar-refractivity contribution in [3.05, 3.63) is 10.8 Å². The summed E-state index contributed by atoms with van der Waals surface area (Å²) in [6.07, 6.45) is -4.91. The minimum Gasteiger partial charge on any atom is -0.271 e. The SMILES string of the molecule is O=S(=O)(Cl)c1c(Cl)n[nH]c1C(F)(F)F. The van der Waals surface area contributed by atoms with Gasteiger partial charge in [0.2, 0.25) is 0 Å². The number of H-pyrrole nitrogens is 1. The molecule has 0 aliphatic rings. The highest BCUT2D eigenvalue weighted by Crippen LogP contribution is 2.36. The highest BCUT2D eigenvalue weighted by Gasteiger charge is 2.41. The fourth-order valence-electron chi connectivity index (χ4n) is 0.724. The van der Waals surface area contributed by atoms with E-state index in [2.05, 4.69) is 5.10 Å². The van der Waals surface area contributed by atoms with E-state index in [1.54, 1.807) is 0 Å². The Kier molecular flexibility index (Phi) is 2.72. The molecule has 4 nitrogen and oxygen atoms in total. The van der Waals surface area contributed by atoms with Gasteiger partial charge in [0, 0.05) is 10.7 Å². The molecule has 0 radical (unpaired) electrons. The van der Waals surface area contributed by atoms with Crippen LogP contribution in [0.15, 0.2) is 4.90 Å². The van der Waals surface area contributed by atoms with Crippen molar-refractivity contribution >= 4 is 31.3 Å². The van der Waals surface area contributed by atoms with Gasteiger partial charge in [-0.25, -0.2) is 8.42 Å². The number of aromatic amines is 1. The minimum atomic E-state index is -4.91. The zero-order valence-electron chi connectivity index (χ0n) is 6.06. The lowest BCUT2D eigenvalue weighted by molar-refractivity contribution is -0.143. The maximum atomic E-state index is 12.1. The van der Waals surface area contributed by atoms with Crippen LogP contribution in [0, 0.1) is 0 Å². The Balaban J connectivity index is 3.51. The standard InChI is InChI=1S/C4HCl2F3N2O2S/c5-3-1(14(6,12)13)2(10-11-3)4(7,8)9/h(H,10,11). The molecule has 0 amide bonds. The molecule has 0 atom stereocenters. The maximum Gasteiger partial charge on any atom is 0.434 e. The molecule has 1 aromatic heterocycles. The van der Waals surface area contributed by atoms with E-state index < -0.39 is 31.0 Å². The summed E-state index contributed by atoms with van der Waals surface area (Å²) in [5.41, 5.74) is -1.59. The first-order valence-corrected chi connectivity index (χ1v) is 5.58. The van der Waals surface area contributed by atoms with E-state index in [0.717, 1.165) is 0 Å². The monoisotopic (exact) mass is 268 g/mol. The number of alkyl halides is 3. The molecule has 1 rings (SSSR count). The number of aromatic nitrogens is 2. The molecule has 10 heteroatoms. The first kappa shape index (κ1) is 11.6. The lowest BCUT2D eigenvalue weighted by Gasteiger charge is -2.03. The van der Waals surface area contributed by atoms with Crippen LogP contribution in [0.1, 0.15) is 5.69 Å². The van der Waals surface area contributed by atoms with Gasteiger partial charge < -0.3 is 0 Å². The summed E-state index contributed by atoms with van der Waals surface area (Å²) >= 11 is 5.13. The second-order valence-corrected chi connectivity index (χ2v) is 5.01. The summed E-state index contributed by atoms with van der Waals surface area (Å²) in [7, 11) is 0.167. The number of nitrogens with zero attached hydrogens (tertiary/aromatic N) is 1. The zero-order chi connectivity index (χ0) is 11.1. The number of halogens is 5. The molecule has 0 aliphatic heterocycles. The summed E-state index contributed by atoms with van der Waals surface area (Å²) in [5.74, 6) is 0. The van der Waals surface area contributed by atoms with Crippen LogP contribution >= 0.6 is 22.3 Å². The van der Waals surface area contributed by atoms with Crippen LogP contribution in [-0.4, -0.2) is 18.6 Å². The van der Waals surface area contributed by atoms with Crippen LogP contribution in [0.3, 0.4) is 0 Å². The molecule has 1 aromatic rings. The Bertz CT molecular complexity index is 452. The second-order valence-electron chi connectivity index (χ2n) is 2.15. The van der Waals surface area contributed by atoms with Crippen molar-refractivity contribution in [1.82, 2.24) is 10.2 Å². The van der Waals surface area contributed by atoms with E-state index in [1.807, 2.05) is 0 Å². The highest BCUT2D eigenvalue weighted by atomic mass is 35.7. The van der Waals surface area contributed by atoms with Gasteiger partial charge in [-0.1, -0.05) is 11.6 Å². The third-order valence-electron chi connectivity index (χ3n) is 1.21. The molecule has 14 heavy (non-hydrogen) atoms. The first-order chi connectivity index (χ1) is 6.14. The first-order valence-electron chi connectivity index (χ1n) is 2.89. The zero-order valence-corrected chi connectivity index (χ0v) is 8.39. The van der Waals surface area contributed by atoms with Crippen LogP contribution in [0.2, 0.25) is 5.15 Å². The predicted octanol–water partition coefficient (Wildman–Crippen LogP) is 2.01. The Labute approximate surface area is 85.4 Å². The molecule has 0 aromatic carbocycles. The average Bonchev–Trinajstić information content (AvgIpc) is 2.27. The minimum absolute atomic E-state index is 0.840. The lowest BCUT2D eigenvalue weighted by Crippen LogP contribution is -2.10. The summed E-state index contributed by atoms with van der Waals surface area (Å²) in [6, 6.07) is 0. The Morgan fingerprint density at radius 2 is 1.86 bits per heavy atom. The molecule has 1 N–H and O–H groups in total. The van der Waals surface area contributed by atoms with Gasteiger partial charge >= 0.3 is 6.18 Å². The van der Waals surface area contributed by atoms with Crippen molar-refractivity contribution in [3.8, 4) is 0 Å². The number of rotatable bonds is 1. The van der Waals surface area contributed by atoms with Gasteiger partial charge in [0.15, 0.2) is 15.7 Å². The van der Waals surface area contributed by atoms with Gasteiger partial charge in [0.1, 0.15) is 0 Å². The van der Waals surface area contributed by atoms with Crippen molar-refractivity contribution in [1.29, 1.82) is 0 Å². The normalized spacial score (nSPS) is 13.2. The average molecular weight is 269 g/mol. The molecule has 0 fully saturated rings. The topological polar surface area (TPSA) is 62.8 Å². The third-order valence-corrected chi connectivity index (χ3v) is 2.94. The van der Waals surface area contributed by atoms with Crippen LogP contribution in [0.4, 0.5) is 13.2 Å². The van der Waals surface area contributed by atoms with Crippen LogP contribution in [0.25, 0.3) is 0 Å². The van der Waals surface area contributed by atoms with Crippen molar-refractivity contribution in [2.24, 2.45) is 0 Å². The van der Waals surface area contributed by atoms with Crippen LogP contribution < -0.4 is 0 Å². The van der Waals surface area contributed by atoms with Crippen LogP contribution in [-0.2, 0) is 15.2 Å². The summed E-state index contributed by atoms with van der Waals surface area (Å²) < 4.78 is 57.8. The van der Waals surface area contributed by atoms with E-state index in [1.165, 1.54) is 5.10 Å². The largest absolute Gasteiger partial charge is 0.434 e. The molecule has 0 bridgehead atoms. The molecular weight excluding hydrogens is 268 g/mol. The van der Waals surface area contributed by atoms with Gasteiger partial charge in [-0.05, 0) is 0 Å². The number of hydrogen-bond acceptors (Lipinski definition) is 3. The van der Waals surface area contributed by atoms with Gasteiger partial charge in [-0.15, -0.1) is 0 Å². The fraction of sp³-hybridized carbons (Fsp3) is 0.250. The van der Waals surface area contributed by atoms with E-state index >= 15 is 0 Å². The Morgan fingerprint density at radius 1 is 1.36 bits per heavy atom. The molecule has 0 aliphatic carbocycles. The van der Waals surface area contributed by atoms with Crippen molar-refractivity contribution in [2.45, 2.75) is 11.1 Å². The Hall–Kier alpha value is -0.470. The van der Waals surface area contributed by atoms with E-state index in [4.69, 9.17) is 22.3 Å². The molecule has 0 saturated carbocycles. The number of hydrogen-bond donors (Lipinski definition) is 1. The van der Waals surface area contributed by atoms with Crippen molar-refractivity contribution < 1.29 is 21.6 Å². The molecule has 0 spiro atoms. The molecule has 0 saturated heterocycles. The molecular formula is C4HCl2F3N2O2S. The molecule has 0 unspecified atom stereocenters. The van der Waals surface area contributed by atoms with Crippen LogP contribution in [0.5, 0.6) is 0 Å². The number of nitrogens with one attached hydrogen (secondary N) is 1. The summed E-state index contributed by atoms with van der Waals surface area (Å²) in [5, 5.41) is 3.52. The third kappa shape index (κ3) is 2.12. The smallest absolute Gasteiger partial charge is 0.271 e. The highest BCUT2D eigenvalue weighted by molar-refractivity contribution is 8.13. The predicted molar refractivity (Wildman–Crippen MR) is 41.6 cm³/mol. The molecule has 1 heterocycles. The lowest BCUT2D eigenvalue weighted by atomic mass is 10.4. The van der Waals surface area contributed by atoms with Crippen molar-refractivity contribution in [3.63, 3.8) is 0 Å². The fourth-order valence-corrected chi connectivity index (χ4v) is 2.39. The van der Waals surface area contributed by atoms with Gasteiger partial charge in [0.05, 0.1) is 0 Å². The van der Waals surface area contributed by atoms with E-state index in [0.29, 0.717) is 0 Å². The van der Waals surface area contributed by atoms with Gasteiger partial charge in [-0.3, -0.25) is 5.10 Å². The van der Waals surface area contributed by atoms with E-state index in [9.17, 15) is 21.6 Å². The molecule has 80 valence electrons.